The maximum atomic E-state index is 5.58. The lowest BCUT2D eigenvalue weighted by molar-refractivity contribution is 1.15. The van der Waals surface area contributed by atoms with E-state index in [-0.39, 0.29) is 0 Å². The Labute approximate surface area is 76.6 Å². The molecule has 0 aliphatic carbocycles. The average molecular weight is 173 g/mol. The minimum absolute atomic E-state index is 0.778. The topological polar surface area (TPSA) is 54.7 Å². The molecule has 13 heavy (non-hydrogen) atoms. The molecule has 0 bridgehead atoms. The first-order valence-electron chi connectivity index (χ1n) is 4.13. The molecule has 3 nitrogen and oxygen atoms in total. The van der Waals surface area contributed by atoms with E-state index in [4.69, 9.17) is 5.73 Å². The number of H-pyrrole nitrogens is 1. The van der Waals surface area contributed by atoms with Gasteiger partial charge in [0.15, 0.2) is 0 Å². The summed E-state index contributed by atoms with van der Waals surface area (Å²) in [6.07, 6.45) is 1.82. The Bertz CT molecular complexity index is 400. The van der Waals surface area contributed by atoms with E-state index in [1.165, 1.54) is 0 Å². The molecular formula is C10H11N3. The number of anilines is 1. The number of nitrogens with two attached hydrogens (primary N) is 1. The predicted octanol–water partition coefficient (Wildman–Crippen LogP) is 1.97. The molecule has 2 rings (SSSR count). The van der Waals surface area contributed by atoms with Gasteiger partial charge in [-0.05, 0) is 24.6 Å². The molecule has 3 N–H and O–H groups in total. The summed E-state index contributed by atoms with van der Waals surface area (Å²) in [5, 5.41) is 0. The zero-order chi connectivity index (χ0) is 9.26. The number of hydrogen-bond acceptors (Lipinski definition) is 2. The normalized spacial score (nSPS) is 10.2. The lowest BCUT2D eigenvalue weighted by Gasteiger charge is -1.97. The molecule has 66 valence electrons. The van der Waals surface area contributed by atoms with Crippen molar-refractivity contribution in [1.29, 1.82) is 0 Å². The number of nitrogens with one attached hydrogen (secondary N) is 1. The zero-order valence-corrected chi connectivity index (χ0v) is 7.41. The number of nitrogen functional groups attached to an aromatic ring is 1. The van der Waals surface area contributed by atoms with E-state index in [0.717, 1.165) is 22.8 Å². The summed E-state index contributed by atoms with van der Waals surface area (Å²) in [6.45, 7) is 1.93. The standard InChI is InChI=1S/C10H11N3/c1-7-12-6-10(13-7)8-2-4-9(11)5-3-8/h2-6H,11H2,1H3,(H,12,13). The summed E-state index contributed by atoms with van der Waals surface area (Å²) in [5.41, 5.74) is 8.49. The van der Waals surface area contributed by atoms with Crippen LogP contribution in [0.25, 0.3) is 11.3 Å². The second-order valence-electron chi connectivity index (χ2n) is 3.00. The van der Waals surface area contributed by atoms with Gasteiger partial charge in [-0.2, -0.15) is 0 Å². The number of rotatable bonds is 1. The summed E-state index contributed by atoms with van der Waals surface area (Å²) in [5.74, 6) is 0.923. The smallest absolute Gasteiger partial charge is 0.103 e. The Morgan fingerprint density at radius 1 is 1.23 bits per heavy atom. The monoisotopic (exact) mass is 173 g/mol. The first-order valence-corrected chi connectivity index (χ1v) is 4.13. The minimum Gasteiger partial charge on any atom is -0.399 e. The molecule has 0 unspecified atom stereocenters. The second-order valence-corrected chi connectivity index (χ2v) is 3.00. The maximum Gasteiger partial charge on any atom is 0.103 e. The molecule has 2 aromatic rings. The van der Waals surface area contributed by atoms with Crippen LogP contribution < -0.4 is 5.73 Å². The van der Waals surface area contributed by atoms with E-state index in [9.17, 15) is 0 Å². The third kappa shape index (κ3) is 1.54. The van der Waals surface area contributed by atoms with Gasteiger partial charge in [-0.3, -0.25) is 0 Å². The van der Waals surface area contributed by atoms with Crippen molar-refractivity contribution in [2.24, 2.45) is 0 Å². The first-order chi connectivity index (χ1) is 6.25. The van der Waals surface area contributed by atoms with Crippen LogP contribution in [0.15, 0.2) is 30.5 Å². The summed E-state index contributed by atoms with van der Waals surface area (Å²) in [4.78, 5) is 7.29. The van der Waals surface area contributed by atoms with Crippen molar-refractivity contribution in [3.8, 4) is 11.3 Å². The van der Waals surface area contributed by atoms with Crippen LogP contribution in [-0.4, -0.2) is 9.97 Å². The fourth-order valence-electron chi connectivity index (χ4n) is 1.23. The van der Waals surface area contributed by atoms with Gasteiger partial charge in [0, 0.05) is 5.69 Å². The quantitative estimate of drug-likeness (QED) is 0.648. The summed E-state index contributed by atoms with van der Waals surface area (Å²) < 4.78 is 0. The molecule has 1 aromatic heterocycles. The van der Waals surface area contributed by atoms with Gasteiger partial charge in [0.05, 0.1) is 11.9 Å². The Morgan fingerprint density at radius 3 is 2.46 bits per heavy atom. The van der Waals surface area contributed by atoms with Crippen molar-refractivity contribution in [1.82, 2.24) is 9.97 Å². The molecule has 1 heterocycles. The molecule has 0 aliphatic rings. The van der Waals surface area contributed by atoms with Crippen LogP contribution in [0.5, 0.6) is 0 Å². The van der Waals surface area contributed by atoms with E-state index < -0.39 is 0 Å². The molecule has 0 fully saturated rings. The largest absolute Gasteiger partial charge is 0.399 e. The summed E-state index contributed by atoms with van der Waals surface area (Å²) >= 11 is 0. The highest BCUT2D eigenvalue weighted by atomic mass is 14.9. The number of benzene rings is 1. The van der Waals surface area contributed by atoms with Gasteiger partial charge < -0.3 is 10.7 Å². The number of aromatic nitrogens is 2. The van der Waals surface area contributed by atoms with Gasteiger partial charge in [0.25, 0.3) is 0 Å². The van der Waals surface area contributed by atoms with Crippen LogP contribution >= 0.6 is 0 Å². The lowest BCUT2D eigenvalue weighted by atomic mass is 10.1. The highest BCUT2D eigenvalue weighted by Crippen LogP contribution is 2.17. The molecule has 3 heteroatoms. The van der Waals surface area contributed by atoms with Gasteiger partial charge in [0.1, 0.15) is 5.82 Å². The minimum atomic E-state index is 0.778. The molecular weight excluding hydrogens is 162 g/mol. The van der Waals surface area contributed by atoms with Crippen LogP contribution in [0.2, 0.25) is 0 Å². The molecule has 0 atom stereocenters. The molecule has 0 radical (unpaired) electrons. The number of nitrogens with zero attached hydrogens (tertiary/aromatic N) is 1. The van der Waals surface area contributed by atoms with Crippen LogP contribution in [0.1, 0.15) is 5.82 Å². The third-order valence-corrected chi connectivity index (χ3v) is 1.92. The number of imidazole rings is 1. The van der Waals surface area contributed by atoms with Crippen molar-refractivity contribution in [2.45, 2.75) is 6.92 Å². The van der Waals surface area contributed by atoms with E-state index in [1.807, 2.05) is 37.4 Å². The lowest BCUT2D eigenvalue weighted by Crippen LogP contribution is -1.83. The Balaban J connectivity index is 2.41. The van der Waals surface area contributed by atoms with Crippen LogP contribution in [-0.2, 0) is 0 Å². The second kappa shape index (κ2) is 2.94. The number of aryl methyl sites for hydroxylation is 1. The van der Waals surface area contributed by atoms with Gasteiger partial charge in [0.2, 0.25) is 0 Å². The van der Waals surface area contributed by atoms with Crippen molar-refractivity contribution in [3.63, 3.8) is 0 Å². The van der Waals surface area contributed by atoms with Gasteiger partial charge >= 0.3 is 0 Å². The van der Waals surface area contributed by atoms with E-state index in [1.54, 1.807) is 0 Å². The number of aromatic amines is 1. The van der Waals surface area contributed by atoms with Gasteiger partial charge in [-0.1, -0.05) is 12.1 Å². The molecule has 0 amide bonds. The Hall–Kier alpha value is -1.77. The average Bonchev–Trinajstić information content (AvgIpc) is 2.53. The van der Waals surface area contributed by atoms with Crippen molar-refractivity contribution in [2.75, 3.05) is 5.73 Å². The predicted molar refractivity (Wildman–Crippen MR) is 53.2 cm³/mol. The Kier molecular flexibility index (Phi) is 1.77. The van der Waals surface area contributed by atoms with Crippen LogP contribution in [0, 0.1) is 6.92 Å². The van der Waals surface area contributed by atoms with Gasteiger partial charge in [-0.15, -0.1) is 0 Å². The Morgan fingerprint density at radius 2 is 1.92 bits per heavy atom. The first kappa shape index (κ1) is 7.86. The van der Waals surface area contributed by atoms with E-state index in [2.05, 4.69) is 9.97 Å². The molecule has 0 saturated heterocycles. The van der Waals surface area contributed by atoms with Crippen molar-refractivity contribution < 1.29 is 0 Å². The van der Waals surface area contributed by atoms with Crippen LogP contribution in [0.3, 0.4) is 0 Å². The summed E-state index contributed by atoms with van der Waals surface area (Å²) in [7, 11) is 0. The molecule has 0 saturated carbocycles. The fraction of sp³-hybridized carbons (Fsp3) is 0.100. The molecule has 0 aliphatic heterocycles. The third-order valence-electron chi connectivity index (χ3n) is 1.92. The highest BCUT2D eigenvalue weighted by molar-refractivity contribution is 5.61. The van der Waals surface area contributed by atoms with Crippen LogP contribution in [0.4, 0.5) is 5.69 Å². The zero-order valence-electron chi connectivity index (χ0n) is 7.41. The van der Waals surface area contributed by atoms with E-state index >= 15 is 0 Å². The number of hydrogen-bond donors (Lipinski definition) is 2. The van der Waals surface area contributed by atoms with Crippen molar-refractivity contribution in [3.05, 3.63) is 36.3 Å². The fourth-order valence-corrected chi connectivity index (χ4v) is 1.23. The van der Waals surface area contributed by atoms with Crippen molar-refractivity contribution >= 4 is 5.69 Å². The molecule has 1 aromatic carbocycles. The van der Waals surface area contributed by atoms with E-state index in [0.29, 0.717) is 0 Å². The molecule has 0 spiro atoms. The highest BCUT2D eigenvalue weighted by Gasteiger charge is 1.98. The maximum absolute atomic E-state index is 5.58. The van der Waals surface area contributed by atoms with Gasteiger partial charge in [-0.25, -0.2) is 4.98 Å². The SMILES string of the molecule is Cc1ncc(-c2ccc(N)cc2)[nH]1. The summed E-state index contributed by atoms with van der Waals surface area (Å²) in [6, 6.07) is 7.71.